The van der Waals surface area contributed by atoms with Crippen LogP contribution in [0.1, 0.15) is 70.1 Å². The molecular formula is C24H37N3O4. The minimum atomic E-state index is -0.999. The van der Waals surface area contributed by atoms with Crippen molar-refractivity contribution in [2.45, 2.75) is 83.8 Å². The predicted molar refractivity (Wildman–Crippen MR) is 120 cm³/mol. The van der Waals surface area contributed by atoms with Gasteiger partial charge in [-0.05, 0) is 68.9 Å². The molecule has 2 heterocycles. The van der Waals surface area contributed by atoms with Gasteiger partial charge in [-0.15, -0.1) is 0 Å². The number of ether oxygens (including phenoxy) is 1. The lowest BCUT2D eigenvalue weighted by Gasteiger charge is -2.35. The van der Waals surface area contributed by atoms with Gasteiger partial charge in [0.15, 0.2) is 0 Å². The number of fused-ring (bicyclic) bond motifs is 1. The summed E-state index contributed by atoms with van der Waals surface area (Å²) in [6, 6.07) is 3.48. The molecule has 0 aromatic carbocycles. The SMILES string of the molecule is CCC(CC)C(=O)N[C@@H](CCOC1CC(CCc2ccc3c(n2)NCCC3)C1)C(=O)O. The Morgan fingerprint density at radius 3 is 2.77 bits per heavy atom. The van der Waals surface area contributed by atoms with Gasteiger partial charge in [0.2, 0.25) is 5.91 Å². The first-order valence-corrected chi connectivity index (χ1v) is 11.9. The van der Waals surface area contributed by atoms with Crippen LogP contribution >= 0.6 is 0 Å². The van der Waals surface area contributed by atoms with Crippen LogP contribution in [0, 0.1) is 11.8 Å². The topological polar surface area (TPSA) is 101 Å². The molecule has 1 amide bonds. The minimum absolute atomic E-state index is 0.129. The summed E-state index contributed by atoms with van der Waals surface area (Å²) >= 11 is 0. The van der Waals surface area contributed by atoms with Crippen molar-refractivity contribution in [3.63, 3.8) is 0 Å². The molecule has 3 rings (SSSR count). The monoisotopic (exact) mass is 431 g/mol. The van der Waals surface area contributed by atoms with E-state index in [-0.39, 0.29) is 17.9 Å². The second kappa shape index (κ2) is 11.5. The van der Waals surface area contributed by atoms with Gasteiger partial charge in [0, 0.05) is 31.2 Å². The van der Waals surface area contributed by atoms with Crippen LogP contribution in [-0.4, -0.2) is 47.3 Å². The molecule has 1 atom stereocenters. The Morgan fingerprint density at radius 2 is 2.06 bits per heavy atom. The number of aliphatic carboxylic acids is 1. The average Bonchev–Trinajstić information content (AvgIpc) is 2.74. The van der Waals surface area contributed by atoms with Gasteiger partial charge < -0.3 is 20.5 Å². The van der Waals surface area contributed by atoms with Gasteiger partial charge in [0.05, 0.1) is 6.10 Å². The first kappa shape index (κ1) is 23.5. The van der Waals surface area contributed by atoms with E-state index in [0.29, 0.717) is 31.8 Å². The smallest absolute Gasteiger partial charge is 0.326 e. The lowest BCUT2D eigenvalue weighted by atomic mass is 9.79. The van der Waals surface area contributed by atoms with E-state index in [1.54, 1.807) is 0 Å². The summed E-state index contributed by atoms with van der Waals surface area (Å²) in [6.07, 6.45) is 8.34. The zero-order chi connectivity index (χ0) is 22.2. The molecule has 7 nitrogen and oxygen atoms in total. The fourth-order valence-electron chi connectivity index (χ4n) is 4.47. The number of carboxylic acids is 1. The van der Waals surface area contributed by atoms with Crippen LogP contribution in [0.15, 0.2) is 12.1 Å². The zero-order valence-electron chi connectivity index (χ0n) is 18.9. The number of nitrogens with one attached hydrogen (secondary N) is 2. The van der Waals surface area contributed by atoms with Gasteiger partial charge in [0.1, 0.15) is 11.9 Å². The molecule has 0 saturated heterocycles. The standard InChI is InChI=1S/C24H37N3O4/c1-3-17(4-2)23(28)27-21(24(29)30)11-13-31-20-14-16(15-20)7-9-19-10-8-18-6-5-12-25-22(18)26-19/h8,10,16-17,20-21H,3-7,9,11-15H2,1-2H3,(H,25,26)(H,27,28)(H,29,30)/t16?,20?,21-/m0/s1. The molecule has 0 unspecified atom stereocenters. The van der Waals surface area contributed by atoms with E-state index in [1.165, 1.54) is 12.0 Å². The normalized spacial score (nSPS) is 21.0. The van der Waals surface area contributed by atoms with Crippen molar-refractivity contribution < 1.29 is 19.4 Å². The number of nitrogens with zero attached hydrogens (tertiary/aromatic N) is 1. The maximum atomic E-state index is 12.2. The van der Waals surface area contributed by atoms with Gasteiger partial charge in [-0.25, -0.2) is 9.78 Å². The molecule has 1 aromatic heterocycles. The van der Waals surface area contributed by atoms with E-state index < -0.39 is 12.0 Å². The minimum Gasteiger partial charge on any atom is -0.480 e. The van der Waals surface area contributed by atoms with Crippen LogP contribution in [0.2, 0.25) is 0 Å². The average molecular weight is 432 g/mol. The Hall–Kier alpha value is -2.15. The molecule has 3 N–H and O–H groups in total. The fraction of sp³-hybridized carbons (Fsp3) is 0.708. The fourth-order valence-corrected chi connectivity index (χ4v) is 4.47. The molecule has 7 heteroatoms. The third kappa shape index (κ3) is 6.66. The lowest BCUT2D eigenvalue weighted by molar-refractivity contribution is -0.143. The molecule has 172 valence electrons. The van der Waals surface area contributed by atoms with E-state index in [1.807, 2.05) is 13.8 Å². The van der Waals surface area contributed by atoms with E-state index in [4.69, 9.17) is 9.72 Å². The first-order chi connectivity index (χ1) is 15.0. The Labute approximate surface area is 185 Å². The van der Waals surface area contributed by atoms with Crippen LogP contribution in [0.5, 0.6) is 0 Å². The van der Waals surface area contributed by atoms with Crippen LogP contribution in [-0.2, 0) is 27.2 Å². The summed E-state index contributed by atoms with van der Waals surface area (Å²) in [5.74, 6) is 0.396. The highest BCUT2D eigenvalue weighted by Crippen LogP contribution is 2.34. The molecule has 1 aliphatic carbocycles. The number of rotatable bonds is 12. The highest BCUT2D eigenvalue weighted by molar-refractivity contribution is 5.84. The number of hydrogen-bond donors (Lipinski definition) is 3. The quantitative estimate of drug-likeness (QED) is 0.468. The van der Waals surface area contributed by atoms with E-state index in [2.05, 4.69) is 22.8 Å². The maximum absolute atomic E-state index is 12.2. The number of carboxylic acid groups (broad SMARTS) is 1. The lowest BCUT2D eigenvalue weighted by Crippen LogP contribution is -2.44. The van der Waals surface area contributed by atoms with Crippen LogP contribution in [0.3, 0.4) is 0 Å². The number of hydrogen-bond acceptors (Lipinski definition) is 5. The number of amides is 1. The molecule has 31 heavy (non-hydrogen) atoms. The van der Waals surface area contributed by atoms with Gasteiger partial charge in [-0.1, -0.05) is 19.9 Å². The van der Waals surface area contributed by atoms with E-state index in [0.717, 1.165) is 50.2 Å². The summed E-state index contributed by atoms with van der Waals surface area (Å²) in [5.41, 5.74) is 2.47. The summed E-state index contributed by atoms with van der Waals surface area (Å²) in [5, 5.41) is 15.5. The van der Waals surface area contributed by atoms with Crippen LogP contribution in [0.25, 0.3) is 0 Å². The molecule has 0 radical (unpaired) electrons. The summed E-state index contributed by atoms with van der Waals surface area (Å²) in [7, 11) is 0. The largest absolute Gasteiger partial charge is 0.480 e. The van der Waals surface area contributed by atoms with Crippen molar-refractivity contribution in [2.24, 2.45) is 11.8 Å². The van der Waals surface area contributed by atoms with Crippen molar-refractivity contribution in [3.8, 4) is 0 Å². The van der Waals surface area contributed by atoms with Gasteiger partial charge in [-0.2, -0.15) is 0 Å². The van der Waals surface area contributed by atoms with E-state index in [9.17, 15) is 14.7 Å². The van der Waals surface area contributed by atoms with Gasteiger partial charge in [0.25, 0.3) is 0 Å². The third-order valence-electron chi connectivity index (χ3n) is 6.68. The first-order valence-electron chi connectivity index (χ1n) is 11.9. The predicted octanol–water partition coefficient (Wildman–Crippen LogP) is 3.56. The molecule has 1 saturated carbocycles. The zero-order valence-corrected chi connectivity index (χ0v) is 18.9. The number of pyridine rings is 1. The summed E-state index contributed by atoms with van der Waals surface area (Å²) in [6.45, 7) is 5.25. The number of anilines is 1. The van der Waals surface area contributed by atoms with Crippen molar-refractivity contribution >= 4 is 17.7 Å². The molecule has 0 spiro atoms. The Balaban J connectivity index is 1.32. The van der Waals surface area contributed by atoms with Crippen molar-refractivity contribution in [1.82, 2.24) is 10.3 Å². The molecule has 1 fully saturated rings. The second-order valence-electron chi connectivity index (χ2n) is 8.91. The van der Waals surface area contributed by atoms with Crippen LogP contribution < -0.4 is 10.6 Å². The molecule has 2 aliphatic rings. The number of aryl methyl sites for hydroxylation is 2. The van der Waals surface area contributed by atoms with E-state index >= 15 is 0 Å². The molecule has 1 aliphatic heterocycles. The number of carbonyl (C=O) groups excluding carboxylic acids is 1. The summed E-state index contributed by atoms with van der Waals surface area (Å²) in [4.78, 5) is 28.4. The summed E-state index contributed by atoms with van der Waals surface area (Å²) < 4.78 is 5.87. The molecular weight excluding hydrogens is 394 g/mol. The third-order valence-corrected chi connectivity index (χ3v) is 6.68. The van der Waals surface area contributed by atoms with Gasteiger partial charge >= 0.3 is 5.97 Å². The number of aromatic nitrogens is 1. The Morgan fingerprint density at radius 1 is 1.29 bits per heavy atom. The molecule has 1 aromatic rings. The second-order valence-corrected chi connectivity index (χ2v) is 8.91. The van der Waals surface area contributed by atoms with Crippen molar-refractivity contribution in [3.05, 3.63) is 23.4 Å². The van der Waals surface area contributed by atoms with Crippen LogP contribution in [0.4, 0.5) is 5.82 Å². The highest BCUT2D eigenvalue weighted by Gasteiger charge is 2.30. The Kier molecular flexibility index (Phi) is 8.69. The Bertz CT molecular complexity index is 744. The molecule has 0 bridgehead atoms. The van der Waals surface area contributed by atoms with Crippen molar-refractivity contribution in [1.29, 1.82) is 0 Å². The maximum Gasteiger partial charge on any atom is 0.326 e. The highest BCUT2D eigenvalue weighted by atomic mass is 16.5. The van der Waals surface area contributed by atoms with Crippen molar-refractivity contribution in [2.75, 3.05) is 18.5 Å². The number of carbonyl (C=O) groups is 2. The van der Waals surface area contributed by atoms with Gasteiger partial charge in [-0.3, -0.25) is 4.79 Å².